The largest absolute Gasteiger partial charge is 0.403 e. The van der Waals surface area contributed by atoms with Crippen molar-refractivity contribution < 1.29 is 13.2 Å². The number of hydrogen-bond acceptors (Lipinski definition) is 1. The standard InChI is InChI=1S/C16H10BrClF3N/c17-12-3-6-14-10(7-12)8-15(9-22-14,16(19,20)21)11-1-4-13(18)5-2-11/h1-7,9H,8H2/t15-/m0/s1. The molecule has 2 aromatic rings. The normalized spacial score (nSPS) is 20.8. The van der Waals surface area contributed by atoms with Gasteiger partial charge in [0.2, 0.25) is 0 Å². The van der Waals surface area contributed by atoms with Crippen LogP contribution in [0.1, 0.15) is 11.1 Å². The number of aliphatic imine (C=N–C) groups is 1. The smallest absolute Gasteiger partial charge is 0.260 e. The Morgan fingerprint density at radius 3 is 2.41 bits per heavy atom. The maximum absolute atomic E-state index is 13.8. The highest BCUT2D eigenvalue weighted by atomic mass is 79.9. The minimum Gasteiger partial charge on any atom is -0.260 e. The lowest BCUT2D eigenvalue weighted by Gasteiger charge is -2.35. The van der Waals surface area contributed by atoms with Crippen LogP contribution in [0.3, 0.4) is 0 Å². The second-order valence-electron chi connectivity index (χ2n) is 5.18. The zero-order valence-corrected chi connectivity index (χ0v) is 13.5. The third-order valence-corrected chi connectivity index (χ3v) is 4.55. The van der Waals surface area contributed by atoms with E-state index in [0.29, 0.717) is 16.3 Å². The van der Waals surface area contributed by atoms with E-state index >= 15 is 0 Å². The zero-order chi connectivity index (χ0) is 16.0. The summed E-state index contributed by atoms with van der Waals surface area (Å²) in [4.78, 5) is 4.05. The van der Waals surface area contributed by atoms with E-state index in [2.05, 4.69) is 20.9 Å². The highest BCUT2D eigenvalue weighted by Gasteiger charge is 2.56. The molecule has 0 saturated carbocycles. The first-order chi connectivity index (χ1) is 10.3. The molecule has 0 saturated heterocycles. The number of fused-ring (bicyclic) bond motifs is 1. The molecule has 0 aliphatic carbocycles. The molecule has 1 heterocycles. The van der Waals surface area contributed by atoms with Gasteiger partial charge in [0, 0.05) is 15.7 Å². The highest BCUT2D eigenvalue weighted by Crippen LogP contribution is 2.46. The van der Waals surface area contributed by atoms with Gasteiger partial charge in [0.05, 0.1) is 5.69 Å². The van der Waals surface area contributed by atoms with Crippen molar-refractivity contribution in [1.82, 2.24) is 0 Å². The van der Waals surface area contributed by atoms with Gasteiger partial charge >= 0.3 is 6.18 Å². The number of rotatable bonds is 1. The van der Waals surface area contributed by atoms with Crippen molar-refractivity contribution in [2.75, 3.05) is 0 Å². The molecule has 114 valence electrons. The molecule has 3 rings (SSSR count). The van der Waals surface area contributed by atoms with E-state index in [1.54, 1.807) is 18.2 Å². The van der Waals surface area contributed by atoms with Gasteiger partial charge in [0.1, 0.15) is 5.41 Å². The fraction of sp³-hybridized carbons (Fsp3) is 0.188. The molecule has 0 bridgehead atoms. The molecule has 0 N–H and O–H groups in total. The van der Waals surface area contributed by atoms with Gasteiger partial charge in [0.25, 0.3) is 0 Å². The van der Waals surface area contributed by atoms with E-state index in [4.69, 9.17) is 11.6 Å². The Labute approximate surface area is 139 Å². The van der Waals surface area contributed by atoms with Crippen LogP contribution >= 0.6 is 27.5 Å². The highest BCUT2D eigenvalue weighted by molar-refractivity contribution is 9.10. The lowest BCUT2D eigenvalue weighted by molar-refractivity contribution is -0.168. The van der Waals surface area contributed by atoms with Crippen molar-refractivity contribution in [3.05, 3.63) is 63.1 Å². The number of alkyl halides is 3. The van der Waals surface area contributed by atoms with E-state index in [0.717, 1.165) is 10.7 Å². The monoisotopic (exact) mass is 387 g/mol. The van der Waals surface area contributed by atoms with E-state index < -0.39 is 11.6 Å². The van der Waals surface area contributed by atoms with Gasteiger partial charge in [0.15, 0.2) is 0 Å². The molecular formula is C16H10BrClF3N. The molecular weight excluding hydrogens is 379 g/mol. The van der Waals surface area contributed by atoms with E-state index in [1.165, 1.54) is 24.3 Å². The fourth-order valence-electron chi connectivity index (χ4n) is 2.61. The summed E-state index contributed by atoms with van der Waals surface area (Å²) >= 11 is 9.08. The van der Waals surface area contributed by atoms with Gasteiger partial charge < -0.3 is 0 Å². The Morgan fingerprint density at radius 1 is 1.09 bits per heavy atom. The number of hydrogen-bond donors (Lipinski definition) is 0. The van der Waals surface area contributed by atoms with Crippen LogP contribution in [0.5, 0.6) is 0 Å². The Hall–Kier alpha value is -1.33. The zero-order valence-electron chi connectivity index (χ0n) is 11.2. The third-order valence-electron chi connectivity index (χ3n) is 3.80. The second-order valence-corrected chi connectivity index (χ2v) is 6.54. The molecule has 2 aromatic carbocycles. The molecule has 1 aliphatic heterocycles. The van der Waals surface area contributed by atoms with Crippen LogP contribution in [-0.2, 0) is 11.8 Å². The first-order valence-corrected chi connectivity index (χ1v) is 7.65. The Balaban J connectivity index is 2.16. The summed E-state index contributed by atoms with van der Waals surface area (Å²) < 4.78 is 42.3. The van der Waals surface area contributed by atoms with Crippen LogP contribution in [0.15, 0.2) is 51.9 Å². The van der Waals surface area contributed by atoms with Crippen LogP contribution in [0.25, 0.3) is 0 Å². The number of nitrogens with zero attached hydrogens (tertiary/aromatic N) is 1. The van der Waals surface area contributed by atoms with Crippen molar-refractivity contribution in [1.29, 1.82) is 0 Å². The molecule has 22 heavy (non-hydrogen) atoms. The van der Waals surface area contributed by atoms with Crippen LogP contribution < -0.4 is 0 Å². The van der Waals surface area contributed by atoms with E-state index in [1.807, 2.05) is 0 Å². The molecule has 1 aliphatic rings. The maximum Gasteiger partial charge on any atom is 0.403 e. The van der Waals surface area contributed by atoms with Crippen LogP contribution in [0.4, 0.5) is 18.9 Å². The summed E-state index contributed by atoms with van der Waals surface area (Å²) in [7, 11) is 0. The first-order valence-electron chi connectivity index (χ1n) is 6.48. The van der Waals surface area contributed by atoms with E-state index in [9.17, 15) is 13.2 Å². The summed E-state index contributed by atoms with van der Waals surface area (Å²) in [6, 6.07) is 10.9. The molecule has 0 fully saturated rings. The Bertz CT molecular complexity index is 740. The first kappa shape index (κ1) is 15.6. The fourth-order valence-corrected chi connectivity index (χ4v) is 3.14. The summed E-state index contributed by atoms with van der Waals surface area (Å²) in [6.45, 7) is 0. The van der Waals surface area contributed by atoms with Gasteiger partial charge in [-0.3, -0.25) is 4.99 Å². The van der Waals surface area contributed by atoms with Crippen molar-refractivity contribution in [3.8, 4) is 0 Å². The minimum atomic E-state index is -4.45. The number of benzene rings is 2. The molecule has 0 spiro atoms. The average molecular weight is 389 g/mol. The third kappa shape index (κ3) is 2.57. The van der Waals surface area contributed by atoms with Gasteiger partial charge in [-0.05, 0) is 47.9 Å². The maximum atomic E-state index is 13.8. The Kier molecular flexibility index (Phi) is 3.81. The van der Waals surface area contributed by atoms with Gasteiger partial charge in [-0.1, -0.05) is 39.7 Å². The summed E-state index contributed by atoms with van der Waals surface area (Å²) in [5.41, 5.74) is -0.870. The second kappa shape index (κ2) is 5.39. The van der Waals surface area contributed by atoms with Gasteiger partial charge in [-0.15, -0.1) is 0 Å². The summed E-state index contributed by atoms with van der Waals surface area (Å²) in [6.07, 6.45) is -3.63. The predicted molar refractivity (Wildman–Crippen MR) is 85.2 cm³/mol. The molecule has 0 unspecified atom stereocenters. The molecule has 0 amide bonds. The van der Waals surface area contributed by atoms with Crippen molar-refractivity contribution >= 4 is 39.4 Å². The van der Waals surface area contributed by atoms with Crippen LogP contribution in [0, 0.1) is 0 Å². The van der Waals surface area contributed by atoms with Gasteiger partial charge in [-0.2, -0.15) is 13.2 Å². The van der Waals surface area contributed by atoms with Crippen molar-refractivity contribution in [2.45, 2.75) is 18.0 Å². The quantitative estimate of drug-likeness (QED) is 0.580. The molecule has 1 nitrogen and oxygen atoms in total. The minimum absolute atomic E-state index is 0.138. The molecule has 6 heteroatoms. The molecule has 0 radical (unpaired) electrons. The van der Waals surface area contributed by atoms with Crippen LogP contribution in [0.2, 0.25) is 5.02 Å². The topological polar surface area (TPSA) is 12.4 Å². The van der Waals surface area contributed by atoms with E-state index in [-0.39, 0.29) is 12.0 Å². The SMILES string of the molecule is FC(F)(F)[C@]1(c2ccc(Cl)cc2)C=Nc2ccc(Br)cc2C1. The predicted octanol–water partition coefficient (Wildman–Crippen LogP) is 5.86. The molecule has 1 atom stereocenters. The Morgan fingerprint density at radius 2 is 1.77 bits per heavy atom. The van der Waals surface area contributed by atoms with Crippen molar-refractivity contribution in [3.63, 3.8) is 0 Å². The lowest BCUT2D eigenvalue weighted by Crippen LogP contribution is -2.47. The number of halogens is 5. The van der Waals surface area contributed by atoms with Crippen molar-refractivity contribution in [2.24, 2.45) is 4.99 Å². The lowest BCUT2D eigenvalue weighted by atomic mass is 9.74. The molecule has 0 aromatic heterocycles. The average Bonchev–Trinajstić information content (AvgIpc) is 2.46. The summed E-state index contributed by atoms with van der Waals surface area (Å²) in [5, 5.41) is 0.400. The van der Waals surface area contributed by atoms with Gasteiger partial charge in [-0.25, -0.2) is 0 Å². The van der Waals surface area contributed by atoms with Crippen LogP contribution in [-0.4, -0.2) is 12.4 Å². The summed E-state index contributed by atoms with van der Waals surface area (Å²) in [5.74, 6) is 0.